The van der Waals surface area contributed by atoms with Crippen molar-refractivity contribution in [2.24, 2.45) is 0 Å². The van der Waals surface area contributed by atoms with E-state index in [1.54, 1.807) is 6.07 Å². The molecule has 2 rings (SSSR count). The van der Waals surface area contributed by atoms with Crippen molar-refractivity contribution >= 4 is 0 Å². The lowest BCUT2D eigenvalue weighted by Gasteiger charge is -2.11. The van der Waals surface area contributed by atoms with E-state index in [4.69, 9.17) is 0 Å². The van der Waals surface area contributed by atoms with Crippen LogP contribution in [0.15, 0.2) is 30.3 Å². The number of rotatable bonds is 1. The maximum absolute atomic E-state index is 9.83. The first-order valence-electron chi connectivity index (χ1n) is 5.04. The highest BCUT2D eigenvalue weighted by Gasteiger charge is 2.08. The lowest BCUT2D eigenvalue weighted by molar-refractivity contribution is 0.471. The molecule has 0 bridgehead atoms. The van der Waals surface area contributed by atoms with E-state index < -0.39 is 0 Å². The van der Waals surface area contributed by atoms with Gasteiger partial charge in [0.05, 0.1) is 5.69 Å². The van der Waals surface area contributed by atoms with E-state index in [0.717, 1.165) is 22.6 Å². The van der Waals surface area contributed by atoms with Crippen LogP contribution in [-0.4, -0.2) is 9.67 Å². The van der Waals surface area contributed by atoms with Crippen molar-refractivity contribution in [3.05, 3.63) is 47.3 Å². The highest BCUT2D eigenvalue weighted by Crippen LogP contribution is 2.26. The fraction of sp³-hybridized carbons (Fsp3) is 0.231. The molecule has 1 aromatic carbocycles. The van der Waals surface area contributed by atoms with Crippen molar-refractivity contribution in [3.63, 3.8) is 0 Å². The van der Waals surface area contributed by atoms with Crippen molar-refractivity contribution in [1.82, 2.24) is 4.57 Å². The lowest BCUT2D eigenvalue weighted by Crippen LogP contribution is -1.99. The van der Waals surface area contributed by atoms with E-state index in [0.29, 0.717) is 5.75 Å². The van der Waals surface area contributed by atoms with Crippen molar-refractivity contribution in [2.45, 2.75) is 20.8 Å². The van der Waals surface area contributed by atoms with Gasteiger partial charge in [0, 0.05) is 11.4 Å². The Bertz CT molecular complexity index is 478. The molecule has 78 valence electrons. The molecule has 0 fully saturated rings. The van der Waals surface area contributed by atoms with E-state index in [1.165, 1.54) is 0 Å². The smallest absolute Gasteiger partial charge is 0.139 e. The number of aromatic nitrogens is 1. The fourth-order valence-electron chi connectivity index (χ4n) is 1.86. The van der Waals surface area contributed by atoms with Crippen LogP contribution < -0.4 is 0 Å². The van der Waals surface area contributed by atoms with Gasteiger partial charge in [0.2, 0.25) is 0 Å². The minimum atomic E-state index is 0.322. The Morgan fingerprint density at radius 2 is 1.53 bits per heavy atom. The van der Waals surface area contributed by atoms with Crippen LogP contribution in [0.2, 0.25) is 0 Å². The number of nitrogens with zero attached hydrogens (tertiary/aromatic N) is 1. The standard InChI is InChI=1S/C13H15NO/c1-9-4-7-13(15)12(8-9)14-10(2)5-6-11(14)3/h4-8,15H,1-3H3. The molecule has 0 radical (unpaired) electrons. The second kappa shape index (κ2) is 3.46. The summed E-state index contributed by atoms with van der Waals surface area (Å²) in [5.74, 6) is 0.322. The van der Waals surface area contributed by atoms with Gasteiger partial charge < -0.3 is 9.67 Å². The Labute approximate surface area is 89.8 Å². The maximum atomic E-state index is 9.83. The molecule has 2 nitrogen and oxygen atoms in total. The van der Waals surface area contributed by atoms with Crippen LogP contribution in [0.25, 0.3) is 5.69 Å². The summed E-state index contributed by atoms with van der Waals surface area (Å²) in [7, 11) is 0. The summed E-state index contributed by atoms with van der Waals surface area (Å²) in [5, 5.41) is 9.83. The van der Waals surface area contributed by atoms with Gasteiger partial charge >= 0.3 is 0 Å². The van der Waals surface area contributed by atoms with Crippen molar-refractivity contribution in [2.75, 3.05) is 0 Å². The molecule has 15 heavy (non-hydrogen) atoms. The topological polar surface area (TPSA) is 25.2 Å². The average Bonchev–Trinajstić information content (AvgIpc) is 2.51. The van der Waals surface area contributed by atoms with Gasteiger partial charge in [-0.1, -0.05) is 6.07 Å². The molecule has 0 unspecified atom stereocenters. The second-order valence-corrected chi connectivity index (χ2v) is 3.94. The number of benzene rings is 1. The van der Waals surface area contributed by atoms with Gasteiger partial charge in [-0.25, -0.2) is 0 Å². The summed E-state index contributed by atoms with van der Waals surface area (Å²) >= 11 is 0. The minimum absolute atomic E-state index is 0.322. The van der Waals surface area contributed by atoms with Gasteiger partial charge in [-0.2, -0.15) is 0 Å². The van der Waals surface area contributed by atoms with E-state index >= 15 is 0 Å². The molecule has 0 spiro atoms. The quantitative estimate of drug-likeness (QED) is 0.753. The number of hydrogen-bond donors (Lipinski definition) is 1. The van der Waals surface area contributed by atoms with Crippen molar-refractivity contribution in [3.8, 4) is 11.4 Å². The summed E-state index contributed by atoms with van der Waals surface area (Å²) in [5.41, 5.74) is 4.27. The van der Waals surface area contributed by atoms with Gasteiger partial charge in [-0.15, -0.1) is 0 Å². The fourth-order valence-corrected chi connectivity index (χ4v) is 1.86. The third kappa shape index (κ3) is 1.63. The van der Waals surface area contributed by atoms with E-state index in [9.17, 15) is 5.11 Å². The predicted octanol–water partition coefficient (Wildman–Crippen LogP) is 3.11. The molecule has 0 saturated carbocycles. The summed E-state index contributed by atoms with van der Waals surface area (Å²) in [6, 6.07) is 9.75. The summed E-state index contributed by atoms with van der Waals surface area (Å²) in [4.78, 5) is 0. The van der Waals surface area contributed by atoms with E-state index in [-0.39, 0.29) is 0 Å². The zero-order chi connectivity index (χ0) is 11.0. The molecule has 0 amide bonds. The van der Waals surface area contributed by atoms with E-state index in [2.05, 4.69) is 16.7 Å². The third-order valence-electron chi connectivity index (χ3n) is 2.64. The molecular formula is C13H15NO. The zero-order valence-electron chi connectivity index (χ0n) is 9.28. The molecule has 2 heteroatoms. The molecular weight excluding hydrogens is 186 g/mol. The number of phenolic OH excluding ortho intramolecular Hbond substituents is 1. The first-order valence-corrected chi connectivity index (χ1v) is 5.04. The SMILES string of the molecule is Cc1ccc(O)c(-n2c(C)ccc2C)c1. The van der Waals surface area contributed by atoms with Gasteiger partial charge in [0.15, 0.2) is 0 Å². The molecule has 0 saturated heterocycles. The second-order valence-electron chi connectivity index (χ2n) is 3.94. The Hall–Kier alpha value is -1.70. The van der Waals surface area contributed by atoms with Gasteiger partial charge in [-0.05, 0) is 50.6 Å². The normalized spacial score (nSPS) is 10.6. The van der Waals surface area contributed by atoms with Crippen molar-refractivity contribution < 1.29 is 5.11 Å². The van der Waals surface area contributed by atoms with Crippen molar-refractivity contribution in [1.29, 1.82) is 0 Å². The maximum Gasteiger partial charge on any atom is 0.139 e. The highest BCUT2D eigenvalue weighted by molar-refractivity contribution is 5.50. The number of hydrogen-bond acceptors (Lipinski definition) is 1. The monoisotopic (exact) mass is 201 g/mol. The largest absolute Gasteiger partial charge is 0.506 e. The Morgan fingerprint density at radius 1 is 0.933 bits per heavy atom. The Kier molecular flexibility index (Phi) is 2.27. The summed E-state index contributed by atoms with van der Waals surface area (Å²) in [6.45, 7) is 6.10. The first kappa shape index (κ1) is 9.84. The molecule has 2 aromatic rings. The van der Waals surface area contributed by atoms with Crippen LogP contribution in [-0.2, 0) is 0 Å². The molecule has 0 aliphatic heterocycles. The van der Waals surface area contributed by atoms with Crippen LogP contribution >= 0.6 is 0 Å². The van der Waals surface area contributed by atoms with Crippen LogP contribution in [0.1, 0.15) is 17.0 Å². The van der Waals surface area contributed by atoms with E-state index in [1.807, 2.05) is 32.9 Å². The van der Waals surface area contributed by atoms with Gasteiger partial charge in [0.25, 0.3) is 0 Å². The Morgan fingerprint density at radius 3 is 2.13 bits per heavy atom. The lowest BCUT2D eigenvalue weighted by atomic mass is 10.2. The molecule has 0 aliphatic rings. The van der Waals surface area contributed by atoms with Crippen LogP contribution in [0.4, 0.5) is 0 Å². The summed E-state index contributed by atoms with van der Waals surface area (Å²) in [6.07, 6.45) is 0. The molecule has 0 atom stereocenters. The first-order chi connectivity index (χ1) is 7.09. The molecule has 1 aromatic heterocycles. The number of aryl methyl sites for hydroxylation is 3. The molecule has 1 heterocycles. The molecule has 0 aliphatic carbocycles. The minimum Gasteiger partial charge on any atom is -0.506 e. The summed E-state index contributed by atoms with van der Waals surface area (Å²) < 4.78 is 2.06. The Balaban J connectivity index is 2.68. The highest BCUT2D eigenvalue weighted by atomic mass is 16.3. The number of aromatic hydroxyl groups is 1. The average molecular weight is 201 g/mol. The van der Waals surface area contributed by atoms with Gasteiger partial charge in [-0.3, -0.25) is 0 Å². The predicted molar refractivity (Wildman–Crippen MR) is 61.6 cm³/mol. The van der Waals surface area contributed by atoms with Crippen LogP contribution in [0.5, 0.6) is 5.75 Å². The van der Waals surface area contributed by atoms with Crippen LogP contribution in [0.3, 0.4) is 0 Å². The molecule has 1 N–H and O–H groups in total. The zero-order valence-corrected chi connectivity index (χ0v) is 9.28. The van der Waals surface area contributed by atoms with Crippen LogP contribution in [0, 0.1) is 20.8 Å². The number of phenols is 1. The van der Waals surface area contributed by atoms with Gasteiger partial charge in [0.1, 0.15) is 5.75 Å². The third-order valence-corrected chi connectivity index (χ3v) is 2.64.